The van der Waals surface area contributed by atoms with E-state index < -0.39 is 5.60 Å². The molecule has 0 spiro atoms. The summed E-state index contributed by atoms with van der Waals surface area (Å²) in [4.78, 5) is 20.7. The number of imidazole rings is 1. The molecule has 2 aliphatic carbocycles. The fourth-order valence-corrected chi connectivity index (χ4v) is 7.99. The molecule has 3 N–H and O–H groups in total. The average molecular weight is 562 g/mol. The maximum absolute atomic E-state index is 13.7. The van der Waals surface area contributed by atoms with Gasteiger partial charge in [0.05, 0.1) is 34.1 Å². The number of piperidine rings is 1. The van der Waals surface area contributed by atoms with Gasteiger partial charge in [0.15, 0.2) is 5.82 Å². The number of hydrogen-bond donors (Lipinski definition) is 2. The van der Waals surface area contributed by atoms with Crippen LogP contribution >= 0.6 is 11.3 Å². The van der Waals surface area contributed by atoms with Crippen LogP contribution < -0.4 is 10.5 Å². The van der Waals surface area contributed by atoms with E-state index in [1.807, 2.05) is 37.9 Å². The largest absolute Gasteiger partial charge is 0.494 e. The Morgan fingerprint density at radius 3 is 2.65 bits per heavy atom. The third kappa shape index (κ3) is 4.25. The van der Waals surface area contributed by atoms with E-state index in [-0.39, 0.29) is 18.0 Å². The minimum absolute atomic E-state index is 0.0177. The van der Waals surface area contributed by atoms with Crippen LogP contribution in [0.5, 0.6) is 5.75 Å². The average Bonchev–Trinajstić information content (AvgIpc) is 3.17. The van der Waals surface area contributed by atoms with Crippen LogP contribution in [-0.4, -0.2) is 61.4 Å². The molecule has 3 aromatic heterocycles. The summed E-state index contributed by atoms with van der Waals surface area (Å²) in [7, 11) is 3.69. The number of benzene rings is 1. The van der Waals surface area contributed by atoms with Crippen molar-refractivity contribution in [1.29, 1.82) is 0 Å². The van der Waals surface area contributed by atoms with Crippen molar-refractivity contribution in [3.8, 4) is 17.3 Å². The molecule has 1 saturated heterocycles. The molecule has 3 atom stereocenters. The molecule has 3 aliphatic rings. The molecule has 2 bridgehead atoms. The molecule has 4 heterocycles. The highest BCUT2D eigenvalue weighted by Crippen LogP contribution is 2.42. The number of hydrogen-bond acceptors (Lipinski definition) is 6. The van der Waals surface area contributed by atoms with Crippen molar-refractivity contribution >= 4 is 38.5 Å². The first-order valence-electron chi connectivity index (χ1n) is 14.6. The Kier molecular flexibility index (Phi) is 6.07. The second kappa shape index (κ2) is 9.33. The Labute approximate surface area is 238 Å². The number of thiophene rings is 1. The Morgan fingerprint density at radius 1 is 1.20 bits per heavy atom. The molecule has 4 aromatic rings. The molecule has 1 amide bonds. The van der Waals surface area contributed by atoms with Gasteiger partial charge in [0.1, 0.15) is 11.3 Å². The zero-order valence-electron chi connectivity index (χ0n) is 23.8. The molecule has 2 saturated carbocycles. The van der Waals surface area contributed by atoms with Crippen molar-refractivity contribution in [1.82, 2.24) is 19.0 Å². The zero-order chi connectivity index (χ0) is 27.9. The number of rotatable bonds is 8. The second-order valence-corrected chi connectivity index (χ2v) is 13.8. The maximum atomic E-state index is 13.7. The molecule has 40 heavy (non-hydrogen) atoms. The molecule has 9 heteroatoms. The normalized spacial score (nSPS) is 22.8. The summed E-state index contributed by atoms with van der Waals surface area (Å²) in [6, 6.07) is 6.26. The topological polar surface area (TPSA) is 98.5 Å². The van der Waals surface area contributed by atoms with Crippen LogP contribution in [0.1, 0.15) is 61.9 Å². The number of methoxy groups -OCH3 is 1. The number of carbonyl (C=O) groups excluding carboxylic acids is 1. The molecule has 0 radical (unpaired) electrons. The van der Waals surface area contributed by atoms with E-state index in [2.05, 4.69) is 20.6 Å². The van der Waals surface area contributed by atoms with Gasteiger partial charge in [-0.15, -0.1) is 11.3 Å². The minimum Gasteiger partial charge on any atom is -0.494 e. The lowest BCUT2D eigenvalue weighted by Crippen LogP contribution is -2.41. The summed E-state index contributed by atoms with van der Waals surface area (Å²) in [6.45, 7) is 5.45. The van der Waals surface area contributed by atoms with Crippen LogP contribution in [0.3, 0.4) is 0 Å². The summed E-state index contributed by atoms with van der Waals surface area (Å²) < 4.78 is 11.6. The Balaban J connectivity index is 1.31. The smallest absolute Gasteiger partial charge is 0.254 e. The lowest BCUT2D eigenvalue weighted by atomic mass is 10.00. The fourth-order valence-electron chi connectivity index (χ4n) is 6.95. The van der Waals surface area contributed by atoms with Gasteiger partial charge in [0.25, 0.3) is 5.91 Å². The van der Waals surface area contributed by atoms with E-state index in [4.69, 9.17) is 15.5 Å². The van der Waals surface area contributed by atoms with Crippen molar-refractivity contribution in [2.75, 3.05) is 13.7 Å². The molecule has 1 aliphatic heterocycles. The van der Waals surface area contributed by atoms with Gasteiger partial charge in [0, 0.05) is 37.8 Å². The van der Waals surface area contributed by atoms with Gasteiger partial charge in [0.2, 0.25) is 0 Å². The van der Waals surface area contributed by atoms with Gasteiger partial charge in [-0.2, -0.15) is 0 Å². The lowest BCUT2D eigenvalue weighted by molar-refractivity contribution is 0.0698. The predicted molar refractivity (Wildman–Crippen MR) is 159 cm³/mol. The third-order valence-electron chi connectivity index (χ3n) is 9.38. The minimum atomic E-state index is -0.701. The first-order chi connectivity index (χ1) is 19.1. The molecule has 212 valence electrons. The standard InChI is InChI=1S/C31H39N5O3S/c1-31(2,38)10-9-19-16-40-25-13-23(35(27(19)25)14-17-5-6-17)29-33-21-11-20(12-24(39-4)28(21)34(29)3)30(37)36-15-18-7-8-22(36)26(18)32/h11-13,16-18,22,26,38H,5-10,14-15,32H2,1-4H3/t18-,22-,26-/m1/s1. The van der Waals surface area contributed by atoms with Crippen LogP contribution in [0.4, 0.5) is 0 Å². The van der Waals surface area contributed by atoms with Crippen molar-refractivity contribution in [3.63, 3.8) is 0 Å². The first-order valence-corrected chi connectivity index (χ1v) is 15.4. The van der Waals surface area contributed by atoms with Gasteiger partial charge < -0.3 is 29.6 Å². The van der Waals surface area contributed by atoms with Crippen molar-refractivity contribution in [2.45, 2.75) is 76.6 Å². The highest BCUT2D eigenvalue weighted by Gasteiger charge is 2.47. The molecule has 8 nitrogen and oxygen atoms in total. The Bertz CT molecular complexity index is 1620. The van der Waals surface area contributed by atoms with Gasteiger partial charge in [-0.25, -0.2) is 4.98 Å². The SMILES string of the molecule is COc1cc(C(=O)N2C[C@H]3CC[C@@H]2[C@@H]3N)cc2nc(-c3cc4scc(CCC(C)(C)O)c4n3CC3CC3)n(C)c12. The zero-order valence-corrected chi connectivity index (χ0v) is 24.6. The molecule has 1 aromatic carbocycles. The molecular formula is C31H39N5O3S. The summed E-state index contributed by atoms with van der Waals surface area (Å²) in [5, 5.41) is 12.6. The number of nitrogens with zero attached hydrogens (tertiary/aromatic N) is 4. The predicted octanol–water partition coefficient (Wildman–Crippen LogP) is 4.94. The molecular weight excluding hydrogens is 522 g/mol. The van der Waals surface area contributed by atoms with E-state index in [9.17, 15) is 9.90 Å². The van der Waals surface area contributed by atoms with Gasteiger partial charge in [-0.05, 0) is 93.4 Å². The summed E-state index contributed by atoms with van der Waals surface area (Å²) in [5.41, 5.74) is 11.6. The van der Waals surface area contributed by atoms with Crippen LogP contribution in [0.25, 0.3) is 32.8 Å². The number of aromatic nitrogens is 3. The van der Waals surface area contributed by atoms with E-state index in [0.29, 0.717) is 29.6 Å². The Hall–Kier alpha value is -2.88. The van der Waals surface area contributed by atoms with Gasteiger partial charge in [-0.1, -0.05) is 0 Å². The number of aliphatic hydroxyl groups is 1. The number of aryl methyl sites for hydroxylation is 2. The van der Waals surface area contributed by atoms with Gasteiger partial charge >= 0.3 is 0 Å². The van der Waals surface area contributed by atoms with Crippen LogP contribution in [-0.2, 0) is 20.0 Å². The first kappa shape index (κ1) is 26.0. The highest BCUT2D eigenvalue weighted by atomic mass is 32.1. The van der Waals surface area contributed by atoms with E-state index in [1.54, 1.807) is 18.4 Å². The monoisotopic (exact) mass is 561 g/mol. The maximum Gasteiger partial charge on any atom is 0.254 e. The number of nitrogens with two attached hydrogens (primary N) is 1. The molecule has 7 rings (SSSR count). The number of likely N-dealkylation sites (tertiary alicyclic amines) is 1. The fraction of sp³-hybridized carbons (Fsp3) is 0.548. The van der Waals surface area contributed by atoms with Crippen molar-refractivity contribution in [3.05, 3.63) is 34.7 Å². The second-order valence-electron chi connectivity index (χ2n) is 12.9. The molecule has 0 unspecified atom stereocenters. The Morgan fingerprint density at radius 2 is 2.00 bits per heavy atom. The van der Waals surface area contributed by atoms with E-state index >= 15 is 0 Å². The number of ether oxygens (including phenoxy) is 1. The summed E-state index contributed by atoms with van der Waals surface area (Å²) in [6.07, 6.45) is 6.16. The van der Waals surface area contributed by atoms with Crippen LogP contribution in [0.2, 0.25) is 0 Å². The van der Waals surface area contributed by atoms with E-state index in [0.717, 1.165) is 54.9 Å². The van der Waals surface area contributed by atoms with Crippen LogP contribution in [0, 0.1) is 11.8 Å². The van der Waals surface area contributed by atoms with Crippen molar-refractivity contribution in [2.24, 2.45) is 24.6 Å². The van der Waals surface area contributed by atoms with Gasteiger partial charge in [-0.3, -0.25) is 4.79 Å². The number of amides is 1. The molecule has 3 fully saturated rings. The van der Waals surface area contributed by atoms with E-state index in [1.165, 1.54) is 28.6 Å². The highest BCUT2D eigenvalue weighted by molar-refractivity contribution is 7.17. The number of carbonyl (C=O) groups is 1. The summed E-state index contributed by atoms with van der Waals surface area (Å²) >= 11 is 1.76. The van der Waals surface area contributed by atoms with Crippen LogP contribution in [0.15, 0.2) is 23.6 Å². The van der Waals surface area contributed by atoms with Crippen molar-refractivity contribution < 1.29 is 14.6 Å². The quantitative estimate of drug-likeness (QED) is 0.318. The third-order valence-corrected chi connectivity index (χ3v) is 10.4. The summed E-state index contributed by atoms with van der Waals surface area (Å²) in [5.74, 6) is 2.64. The number of fused-ring (bicyclic) bond motifs is 4. The lowest BCUT2D eigenvalue weighted by Gasteiger charge is -2.27.